The minimum absolute atomic E-state index is 0.0648. The third-order valence-corrected chi connectivity index (χ3v) is 4.89. The van der Waals surface area contributed by atoms with Crippen LogP contribution in [0.3, 0.4) is 0 Å². The molecule has 5 heteroatoms. The van der Waals surface area contributed by atoms with Gasteiger partial charge in [0, 0.05) is 15.7 Å². The number of likely N-dealkylation sites (tertiary alicyclic amines) is 1. The molecule has 1 heterocycles. The lowest BCUT2D eigenvalue weighted by atomic mass is 10.0. The van der Waals surface area contributed by atoms with Crippen molar-refractivity contribution in [3.8, 4) is 0 Å². The van der Waals surface area contributed by atoms with Crippen molar-refractivity contribution in [2.75, 3.05) is 18.4 Å². The highest BCUT2D eigenvalue weighted by Crippen LogP contribution is 2.33. The molecule has 1 aliphatic heterocycles. The second-order valence-electron chi connectivity index (χ2n) is 6.17. The number of carbonyl (C=O) groups excluding carboxylic acids is 1. The summed E-state index contributed by atoms with van der Waals surface area (Å²) >= 11 is 12.4. The zero-order valence-corrected chi connectivity index (χ0v) is 15.1. The van der Waals surface area contributed by atoms with E-state index in [1.165, 1.54) is 0 Å². The van der Waals surface area contributed by atoms with Gasteiger partial charge in [0.15, 0.2) is 0 Å². The van der Waals surface area contributed by atoms with Gasteiger partial charge in [-0.2, -0.15) is 0 Å². The maximum absolute atomic E-state index is 13.0. The largest absolute Gasteiger partial charge is 0.324 e. The summed E-state index contributed by atoms with van der Waals surface area (Å²) in [4.78, 5) is 15.2. The Morgan fingerprint density at radius 3 is 2.38 bits per heavy atom. The van der Waals surface area contributed by atoms with E-state index in [1.807, 2.05) is 37.3 Å². The molecule has 1 aliphatic rings. The standard InChI is InChI=1S/C19H20Cl2N2O/c1-13-4-7-15(8-5-13)22-19(24)18(23-10-2-3-11-23)16-9-6-14(20)12-17(16)21/h4-9,12,18H,2-3,10-11H2,1H3,(H,22,24)/t18-/m1/s1. The fourth-order valence-corrected chi connectivity index (χ4v) is 3.59. The van der Waals surface area contributed by atoms with E-state index in [0.29, 0.717) is 10.0 Å². The van der Waals surface area contributed by atoms with Gasteiger partial charge >= 0.3 is 0 Å². The number of hydrogen-bond donors (Lipinski definition) is 1. The number of aryl methyl sites for hydroxylation is 1. The van der Waals surface area contributed by atoms with Crippen LogP contribution in [0.25, 0.3) is 0 Å². The van der Waals surface area contributed by atoms with Crippen LogP contribution in [0.5, 0.6) is 0 Å². The molecule has 126 valence electrons. The average molecular weight is 363 g/mol. The number of nitrogens with one attached hydrogen (secondary N) is 1. The highest BCUT2D eigenvalue weighted by molar-refractivity contribution is 6.35. The molecule has 2 aromatic carbocycles. The zero-order valence-electron chi connectivity index (χ0n) is 13.6. The first-order valence-corrected chi connectivity index (χ1v) is 8.87. The summed E-state index contributed by atoms with van der Waals surface area (Å²) in [6.45, 7) is 3.81. The van der Waals surface area contributed by atoms with Crippen molar-refractivity contribution >= 4 is 34.8 Å². The molecule has 1 fully saturated rings. The lowest BCUT2D eigenvalue weighted by Gasteiger charge is -2.27. The van der Waals surface area contributed by atoms with Crippen molar-refractivity contribution in [1.29, 1.82) is 0 Å². The van der Waals surface area contributed by atoms with Crippen LogP contribution in [0.2, 0.25) is 10.0 Å². The molecular weight excluding hydrogens is 343 g/mol. The van der Waals surface area contributed by atoms with E-state index in [2.05, 4.69) is 10.2 Å². The van der Waals surface area contributed by atoms with Gasteiger partial charge in [-0.1, -0.05) is 47.0 Å². The van der Waals surface area contributed by atoms with Crippen LogP contribution >= 0.6 is 23.2 Å². The minimum Gasteiger partial charge on any atom is -0.324 e. The fourth-order valence-electron chi connectivity index (χ4n) is 3.07. The lowest BCUT2D eigenvalue weighted by molar-refractivity contribution is -0.121. The van der Waals surface area contributed by atoms with Crippen molar-refractivity contribution in [3.63, 3.8) is 0 Å². The van der Waals surface area contributed by atoms with Crippen LogP contribution < -0.4 is 5.32 Å². The van der Waals surface area contributed by atoms with Gasteiger partial charge in [-0.25, -0.2) is 0 Å². The van der Waals surface area contributed by atoms with Gasteiger partial charge in [-0.3, -0.25) is 9.69 Å². The Kier molecular flexibility index (Phi) is 5.44. The van der Waals surface area contributed by atoms with Crippen molar-refractivity contribution in [3.05, 3.63) is 63.6 Å². The summed E-state index contributed by atoms with van der Waals surface area (Å²) in [6.07, 6.45) is 2.19. The van der Waals surface area contributed by atoms with Gasteiger partial charge < -0.3 is 5.32 Å². The number of rotatable bonds is 4. The zero-order chi connectivity index (χ0) is 17.1. The smallest absolute Gasteiger partial charge is 0.246 e. The van der Waals surface area contributed by atoms with Crippen molar-refractivity contribution in [2.45, 2.75) is 25.8 Å². The van der Waals surface area contributed by atoms with E-state index in [4.69, 9.17) is 23.2 Å². The number of hydrogen-bond acceptors (Lipinski definition) is 2. The quantitative estimate of drug-likeness (QED) is 0.822. The maximum atomic E-state index is 13.0. The van der Waals surface area contributed by atoms with Gasteiger partial charge in [-0.05, 0) is 62.7 Å². The van der Waals surface area contributed by atoms with E-state index in [9.17, 15) is 4.79 Å². The van der Waals surface area contributed by atoms with Crippen LogP contribution in [-0.4, -0.2) is 23.9 Å². The van der Waals surface area contributed by atoms with E-state index in [-0.39, 0.29) is 5.91 Å². The summed E-state index contributed by atoms with van der Waals surface area (Å²) in [7, 11) is 0. The van der Waals surface area contributed by atoms with Crippen LogP contribution in [0.4, 0.5) is 5.69 Å². The van der Waals surface area contributed by atoms with Crippen LogP contribution in [0.15, 0.2) is 42.5 Å². The molecule has 1 atom stereocenters. The fraction of sp³-hybridized carbons (Fsp3) is 0.316. The number of nitrogens with zero attached hydrogens (tertiary/aromatic N) is 1. The van der Waals surface area contributed by atoms with Crippen LogP contribution in [0.1, 0.15) is 30.0 Å². The van der Waals surface area contributed by atoms with Gasteiger partial charge in [0.2, 0.25) is 5.91 Å². The Morgan fingerprint density at radius 1 is 1.08 bits per heavy atom. The number of amides is 1. The first-order valence-electron chi connectivity index (χ1n) is 8.11. The molecule has 0 unspecified atom stereocenters. The Bertz CT molecular complexity index is 725. The Morgan fingerprint density at radius 2 is 1.75 bits per heavy atom. The molecular formula is C19H20Cl2N2O. The lowest BCUT2D eigenvalue weighted by Crippen LogP contribution is -2.35. The molecule has 1 saturated heterocycles. The summed E-state index contributed by atoms with van der Waals surface area (Å²) in [5, 5.41) is 4.11. The Balaban J connectivity index is 1.89. The summed E-state index contributed by atoms with van der Waals surface area (Å²) in [5.41, 5.74) is 2.75. The molecule has 3 nitrogen and oxygen atoms in total. The minimum atomic E-state index is -0.404. The number of halogens is 2. The molecule has 0 saturated carbocycles. The monoisotopic (exact) mass is 362 g/mol. The van der Waals surface area contributed by atoms with Crippen LogP contribution in [-0.2, 0) is 4.79 Å². The molecule has 1 amide bonds. The Hall–Kier alpha value is -1.55. The number of benzene rings is 2. The third kappa shape index (κ3) is 3.92. The van der Waals surface area contributed by atoms with Crippen molar-refractivity contribution < 1.29 is 4.79 Å². The average Bonchev–Trinajstić information content (AvgIpc) is 3.06. The first-order chi connectivity index (χ1) is 11.5. The van der Waals surface area contributed by atoms with E-state index < -0.39 is 6.04 Å². The predicted octanol–water partition coefficient (Wildman–Crippen LogP) is 5.08. The topological polar surface area (TPSA) is 32.3 Å². The highest BCUT2D eigenvalue weighted by Gasteiger charge is 2.31. The molecule has 1 N–H and O–H groups in total. The van der Waals surface area contributed by atoms with Gasteiger partial charge in [0.25, 0.3) is 0 Å². The van der Waals surface area contributed by atoms with E-state index in [1.54, 1.807) is 12.1 Å². The third-order valence-electron chi connectivity index (χ3n) is 4.33. The molecule has 24 heavy (non-hydrogen) atoms. The van der Waals surface area contributed by atoms with Crippen molar-refractivity contribution in [1.82, 2.24) is 4.90 Å². The molecule has 0 bridgehead atoms. The maximum Gasteiger partial charge on any atom is 0.246 e. The Labute approximate surface area is 152 Å². The molecule has 0 aromatic heterocycles. The highest BCUT2D eigenvalue weighted by atomic mass is 35.5. The van der Waals surface area contributed by atoms with Gasteiger partial charge in [-0.15, -0.1) is 0 Å². The van der Waals surface area contributed by atoms with Crippen molar-refractivity contribution in [2.24, 2.45) is 0 Å². The molecule has 0 radical (unpaired) electrons. The SMILES string of the molecule is Cc1ccc(NC(=O)[C@@H](c2ccc(Cl)cc2Cl)N2CCCC2)cc1. The van der Waals surface area contributed by atoms with Crippen LogP contribution in [0, 0.1) is 6.92 Å². The summed E-state index contributed by atoms with van der Waals surface area (Å²) in [6, 6.07) is 12.7. The molecule has 0 spiro atoms. The normalized spacial score (nSPS) is 16.1. The predicted molar refractivity (Wildman–Crippen MR) is 99.8 cm³/mol. The summed E-state index contributed by atoms with van der Waals surface area (Å²) in [5.74, 6) is -0.0648. The molecule has 0 aliphatic carbocycles. The number of carbonyl (C=O) groups is 1. The first kappa shape index (κ1) is 17.3. The van der Waals surface area contributed by atoms with E-state index in [0.717, 1.165) is 42.7 Å². The van der Waals surface area contributed by atoms with Gasteiger partial charge in [0.1, 0.15) is 6.04 Å². The van der Waals surface area contributed by atoms with E-state index >= 15 is 0 Å². The number of anilines is 1. The molecule has 3 rings (SSSR count). The summed E-state index contributed by atoms with van der Waals surface area (Å²) < 4.78 is 0. The second kappa shape index (κ2) is 7.56. The molecule has 2 aromatic rings. The van der Waals surface area contributed by atoms with Gasteiger partial charge in [0.05, 0.1) is 0 Å². The second-order valence-corrected chi connectivity index (χ2v) is 7.01.